The summed E-state index contributed by atoms with van der Waals surface area (Å²) in [6, 6.07) is -0.832. The molecule has 5 nitrogen and oxygen atoms in total. The van der Waals surface area contributed by atoms with E-state index >= 15 is 0 Å². The lowest BCUT2D eigenvalue weighted by Gasteiger charge is -2.26. The van der Waals surface area contributed by atoms with E-state index in [2.05, 4.69) is 55.6 Å². The van der Waals surface area contributed by atoms with E-state index in [1.165, 1.54) is 116 Å². The molecule has 0 radical (unpaired) electrons. The average molecular weight is 648 g/mol. The lowest BCUT2D eigenvalue weighted by molar-refractivity contribution is -0.124. The summed E-state index contributed by atoms with van der Waals surface area (Å²) in [5.74, 6) is -0.166. The lowest BCUT2D eigenvalue weighted by Crippen LogP contribution is -2.50. The van der Waals surface area contributed by atoms with Crippen LogP contribution in [0.1, 0.15) is 194 Å². The molecule has 0 aliphatic rings. The number of hydrogen-bond donors (Lipinski definition) is 4. The molecule has 3 atom stereocenters. The van der Waals surface area contributed by atoms with Gasteiger partial charge in [0.2, 0.25) is 5.91 Å². The van der Waals surface area contributed by atoms with Gasteiger partial charge in [0.1, 0.15) is 6.10 Å². The van der Waals surface area contributed by atoms with E-state index in [1.54, 1.807) is 0 Å². The summed E-state index contributed by atoms with van der Waals surface area (Å²) in [5, 5.41) is 33.2. The van der Waals surface area contributed by atoms with Gasteiger partial charge in [0.25, 0.3) is 0 Å². The first kappa shape index (κ1) is 44.6. The Balaban J connectivity index is 3.65. The van der Waals surface area contributed by atoms with Crippen LogP contribution in [0.4, 0.5) is 0 Å². The van der Waals surface area contributed by atoms with E-state index < -0.39 is 18.2 Å². The van der Waals surface area contributed by atoms with Gasteiger partial charge in [0, 0.05) is 6.42 Å². The van der Waals surface area contributed by atoms with Gasteiger partial charge in [-0.25, -0.2) is 0 Å². The molecule has 4 N–H and O–H groups in total. The van der Waals surface area contributed by atoms with Crippen molar-refractivity contribution in [2.24, 2.45) is 0 Å². The Bertz CT molecular complexity index is 719. The number of allylic oxidation sites excluding steroid dienone is 6. The molecule has 0 aromatic heterocycles. The maximum Gasteiger partial charge on any atom is 0.220 e. The molecule has 0 spiro atoms. The van der Waals surface area contributed by atoms with Gasteiger partial charge in [-0.05, 0) is 70.6 Å². The fourth-order valence-corrected chi connectivity index (χ4v) is 5.83. The number of aliphatic hydroxyl groups excluding tert-OH is 3. The Kier molecular flexibility index (Phi) is 35.3. The molecule has 0 rings (SSSR count). The normalized spacial score (nSPS) is 14.1. The molecule has 46 heavy (non-hydrogen) atoms. The first-order chi connectivity index (χ1) is 22.6. The molecule has 1 amide bonds. The van der Waals surface area contributed by atoms with E-state index in [0.717, 1.165) is 51.4 Å². The van der Waals surface area contributed by atoms with Crippen molar-refractivity contribution in [3.63, 3.8) is 0 Å². The molecule has 0 fully saturated rings. The lowest BCUT2D eigenvalue weighted by atomic mass is 10.0. The minimum Gasteiger partial charge on any atom is -0.394 e. The van der Waals surface area contributed by atoms with Crippen molar-refractivity contribution >= 4 is 5.91 Å². The predicted octanol–water partition coefficient (Wildman–Crippen LogP) is 10.8. The monoisotopic (exact) mass is 648 g/mol. The predicted molar refractivity (Wildman–Crippen MR) is 199 cm³/mol. The van der Waals surface area contributed by atoms with E-state index in [1.807, 2.05) is 0 Å². The number of hydrogen-bond acceptors (Lipinski definition) is 4. The van der Waals surface area contributed by atoms with Gasteiger partial charge in [0.15, 0.2) is 0 Å². The highest BCUT2D eigenvalue weighted by Gasteiger charge is 2.26. The largest absolute Gasteiger partial charge is 0.394 e. The summed E-state index contributed by atoms with van der Waals surface area (Å²) in [5.41, 5.74) is 0. The fourth-order valence-electron chi connectivity index (χ4n) is 5.83. The quantitative estimate of drug-likeness (QED) is 0.0407. The summed E-state index contributed by atoms with van der Waals surface area (Å²) < 4.78 is 0. The molecule has 270 valence electrons. The van der Waals surface area contributed by atoms with Crippen molar-refractivity contribution in [1.82, 2.24) is 5.32 Å². The minimum atomic E-state index is -1.17. The standard InChI is InChI=1S/C41H77NO4/c1-3-5-7-9-11-13-15-16-17-18-19-20-21-22-23-24-25-26-28-30-32-34-36-40(45)42-38(37-43)41(46)39(44)35-33-31-29-27-14-12-10-8-6-4-2/h8,10,21-22,27,29,38-39,41,43-44,46H,3-7,9,11-20,23-26,28,30-37H2,1-2H3,(H,42,45)/b10-8+,22-21-,29-27+. The third-order valence-electron chi connectivity index (χ3n) is 8.92. The summed E-state index contributed by atoms with van der Waals surface area (Å²) in [7, 11) is 0. The molecule has 0 saturated carbocycles. The summed E-state index contributed by atoms with van der Waals surface area (Å²) in [4.78, 5) is 12.4. The van der Waals surface area contributed by atoms with E-state index in [0.29, 0.717) is 12.8 Å². The Hall–Kier alpha value is -1.43. The van der Waals surface area contributed by atoms with Crippen molar-refractivity contribution in [1.29, 1.82) is 0 Å². The van der Waals surface area contributed by atoms with E-state index in [4.69, 9.17) is 0 Å². The Morgan fingerprint density at radius 2 is 0.935 bits per heavy atom. The first-order valence-electron chi connectivity index (χ1n) is 19.8. The maximum atomic E-state index is 12.4. The second kappa shape index (κ2) is 36.4. The van der Waals surface area contributed by atoms with Crippen LogP contribution in [-0.2, 0) is 4.79 Å². The topological polar surface area (TPSA) is 89.8 Å². The van der Waals surface area contributed by atoms with Crippen LogP contribution in [-0.4, -0.2) is 46.1 Å². The van der Waals surface area contributed by atoms with Crippen LogP contribution in [0, 0.1) is 0 Å². The molecular formula is C41H77NO4. The SMILES string of the molecule is CCC/C=C/CC/C=C/CCCC(O)C(O)C(CO)NC(=O)CCCCCCCCC/C=C\CCCCCCCCCCCCC. The molecule has 3 unspecified atom stereocenters. The number of carbonyl (C=O) groups excluding carboxylic acids is 1. The number of nitrogens with one attached hydrogen (secondary N) is 1. The molecule has 0 aromatic carbocycles. The summed E-state index contributed by atoms with van der Waals surface area (Å²) in [6.07, 6.45) is 44.0. The minimum absolute atomic E-state index is 0.166. The van der Waals surface area contributed by atoms with Gasteiger partial charge >= 0.3 is 0 Å². The van der Waals surface area contributed by atoms with Crippen molar-refractivity contribution in [3.8, 4) is 0 Å². The zero-order valence-electron chi connectivity index (χ0n) is 30.5. The van der Waals surface area contributed by atoms with Crippen LogP contribution in [0.25, 0.3) is 0 Å². The number of aliphatic hydroxyl groups is 3. The van der Waals surface area contributed by atoms with Crippen molar-refractivity contribution in [3.05, 3.63) is 36.5 Å². The second-order valence-electron chi connectivity index (χ2n) is 13.5. The molecule has 0 aromatic rings. The van der Waals surface area contributed by atoms with E-state index in [-0.39, 0.29) is 12.5 Å². The summed E-state index contributed by atoms with van der Waals surface area (Å²) in [6.45, 7) is 4.07. The van der Waals surface area contributed by atoms with Gasteiger partial charge in [-0.2, -0.15) is 0 Å². The van der Waals surface area contributed by atoms with Crippen LogP contribution in [0.15, 0.2) is 36.5 Å². The molecule has 5 heteroatoms. The molecule has 0 saturated heterocycles. The molecule has 0 aliphatic carbocycles. The third-order valence-corrected chi connectivity index (χ3v) is 8.92. The highest BCUT2D eigenvalue weighted by atomic mass is 16.3. The Morgan fingerprint density at radius 3 is 1.41 bits per heavy atom. The zero-order valence-corrected chi connectivity index (χ0v) is 30.5. The van der Waals surface area contributed by atoms with Crippen molar-refractivity contribution in [2.45, 2.75) is 212 Å². The van der Waals surface area contributed by atoms with Crippen LogP contribution < -0.4 is 5.32 Å². The fraction of sp³-hybridized carbons (Fsp3) is 0.829. The van der Waals surface area contributed by atoms with Crippen LogP contribution in [0.5, 0.6) is 0 Å². The highest BCUT2D eigenvalue weighted by molar-refractivity contribution is 5.76. The number of unbranched alkanes of at least 4 members (excludes halogenated alkanes) is 21. The zero-order chi connectivity index (χ0) is 33.8. The average Bonchev–Trinajstić information content (AvgIpc) is 3.06. The van der Waals surface area contributed by atoms with Gasteiger partial charge in [0.05, 0.1) is 18.8 Å². The van der Waals surface area contributed by atoms with Gasteiger partial charge in [-0.3, -0.25) is 4.79 Å². The van der Waals surface area contributed by atoms with Crippen molar-refractivity contribution < 1.29 is 20.1 Å². The number of carbonyl (C=O) groups is 1. The van der Waals surface area contributed by atoms with E-state index in [9.17, 15) is 20.1 Å². The van der Waals surface area contributed by atoms with Crippen LogP contribution >= 0.6 is 0 Å². The van der Waals surface area contributed by atoms with Crippen LogP contribution in [0.2, 0.25) is 0 Å². The molecule has 0 heterocycles. The van der Waals surface area contributed by atoms with Gasteiger partial charge in [-0.1, -0.05) is 153 Å². The molecular weight excluding hydrogens is 570 g/mol. The third kappa shape index (κ3) is 31.2. The molecule has 0 bridgehead atoms. The number of amides is 1. The van der Waals surface area contributed by atoms with Crippen LogP contribution in [0.3, 0.4) is 0 Å². The summed E-state index contributed by atoms with van der Waals surface area (Å²) >= 11 is 0. The van der Waals surface area contributed by atoms with Crippen molar-refractivity contribution in [2.75, 3.05) is 6.61 Å². The Morgan fingerprint density at radius 1 is 0.522 bits per heavy atom. The second-order valence-corrected chi connectivity index (χ2v) is 13.5. The smallest absolute Gasteiger partial charge is 0.220 e. The molecule has 0 aliphatic heterocycles. The van der Waals surface area contributed by atoms with Gasteiger partial charge < -0.3 is 20.6 Å². The first-order valence-corrected chi connectivity index (χ1v) is 19.8. The highest BCUT2D eigenvalue weighted by Crippen LogP contribution is 2.14. The number of rotatable bonds is 35. The maximum absolute atomic E-state index is 12.4. The Labute approximate surface area is 285 Å². The van der Waals surface area contributed by atoms with Gasteiger partial charge in [-0.15, -0.1) is 0 Å².